The van der Waals surface area contributed by atoms with Crippen LogP contribution in [0, 0.1) is 0 Å². The molecular formula is C16H18BrNO3S. The van der Waals surface area contributed by atoms with Gasteiger partial charge in [0.05, 0.1) is 17.2 Å². The van der Waals surface area contributed by atoms with Gasteiger partial charge in [0.2, 0.25) is 0 Å². The van der Waals surface area contributed by atoms with E-state index in [1.807, 2.05) is 19.1 Å². The molecule has 2 aromatic rings. The van der Waals surface area contributed by atoms with E-state index in [4.69, 9.17) is 4.74 Å². The minimum Gasteiger partial charge on any atom is -0.492 e. The minimum absolute atomic E-state index is 0.233. The van der Waals surface area contributed by atoms with E-state index < -0.39 is 10.0 Å². The second-order valence-corrected chi connectivity index (χ2v) is 7.09. The molecule has 0 amide bonds. The lowest BCUT2D eigenvalue weighted by Gasteiger charge is -2.13. The topological polar surface area (TPSA) is 55.4 Å². The fourth-order valence-corrected chi connectivity index (χ4v) is 3.51. The van der Waals surface area contributed by atoms with E-state index in [9.17, 15) is 8.42 Å². The van der Waals surface area contributed by atoms with Crippen LogP contribution in [0.15, 0.2) is 53.4 Å². The van der Waals surface area contributed by atoms with Crippen molar-refractivity contribution in [2.24, 2.45) is 0 Å². The van der Waals surface area contributed by atoms with Crippen LogP contribution < -0.4 is 9.46 Å². The highest BCUT2D eigenvalue weighted by atomic mass is 79.9. The van der Waals surface area contributed by atoms with Crippen molar-refractivity contribution in [2.45, 2.75) is 18.2 Å². The molecule has 0 atom stereocenters. The molecule has 0 bridgehead atoms. The summed E-state index contributed by atoms with van der Waals surface area (Å²) < 4.78 is 32.9. The van der Waals surface area contributed by atoms with E-state index in [0.29, 0.717) is 18.0 Å². The fourth-order valence-electron chi connectivity index (χ4n) is 1.98. The second kappa shape index (κ2) is 7.65. The molecule has 6 heteroatoms. The molecule has 1 N–H and O–H groups in total. The standard InChI is InChI=1S/C16H18BrNO3S/c1-2-21-16-6-4-3-5-15(16)18-22(19,20)14-9-7-13(8-10-14)11-12-17/h3-10,18H,2,11-12H2,1H3. The zero-order valence-electron chi connectivity index (χ0n) is 12.3. The quantitative estimate of drug-likeness (QED) is 0.739. The third-order valence-electron chi connectivity index (χ3n) is 3.05. The number of sulfonamides is 1. The number of rotatable bonds is 7. The molecule has 0 spiro atoms. The molecule has 0 unspecified atom stereocenters. The van der Waals surface area contributed by atoms with Crippen LogP contribution in [0.2, 0.25) is 0 Å². The normalized spacial score (nSPS) is 11.2. The Balaban J connectivity index is 2.24. The molecule has 0 saturated carbocycles. The lowest BCUT2D eigenvalue weighted by molar-refractivity contribution is 0.342. The second-order valence-electron chi connectivity index (χ2n) is 4.62. The SMILES string of the molecule is CCOc1ccccc1NS(=O)(=O)c1ccc(CCBr)cc1. The fraction of sp³-hybridized carbons (Fsp3) is 0.250. The number of halogens is 1. The average molecular weight is 384 g/mol. The Morgan fingerprint density at radius 3 is 2.41 bits per heavy atom. The monoisotopic (exact) mass is 383 g/mol. The lowest BCUT2D eigenvalue weighted by Crippen LogP contribution is -2.14. The maximum Gasteiger partial charge on any atom is 0.262 e. The van der Waals surface area contributed by atoms with Gasteiger partial charge in [0.15, 0.2) is 0 Å². The van der Waals surface area contributed by atoms with E-state index in [2.05, 4.69) is 20.7 Å². The Hall–Kier alpha value is -1.53. The Morgan fingerprint density at radius 2 is 1.77 bits per heavy atom. The zero-order valence-corrected chi connectivity index (χ0v) is 14.7. The van der Waals surface area contributed by atoms with Gasteiger partial charge in [-0.05, 0) is 43.2 Å². The number of nitrogens with one attached hydrogen (secondary N) is 1. The third-order valence-corrected chi connectivity index (χ3v) is 4.83. The predicted octanol–water partition coefficient (Wildman–Crippen LogP) is 3.82. The van der Waals surface area contributed by atoms with E-state index in [0.717, 1.165) is 17.3 Å². The summed E-state index contributed by atoms with van der Waals surface area (Å²) in [4.78, 5) is 0.233. The van der Waals surface area contributed by atoms with E-state index in [1.165, 1.54) is 0 Å². The van der Waals surface area contributed by atoms with Crippen LogP contribution in [0.4, 0.5) is 5.69 Å². The third kappa shape index (κ3) is 4.24. The molecule has 4 nitrogen and oxygen atoms in total. The highest BCUT2D eigenvalue weighted by Crippen LogP contribution is 2.26. The number of benzene rings is 2. The van der Waals surface area contributed by atoms with Crippen LogP contribution in [-0.4, -0.2) is 20.4 Å². The molecule has 0 aliphatic rings. The lowest BCUT2D eigenvalue weighted by atomic mass is 10.2. The van der Waals surface area contributed by atoms with Gasteiger partial charge < -0.3 is 4.74 Å². The molecule has 0 fully saturated rings. The highest BCUT2D eigenvalue weighted by molar-refractivity contribution is 9.09. The summed E-state index contributed by atoms with van der Waals surface area (Å²) in [7, 11) is -3.63. The van der Waals surface area contributed by atoms with Crippen LogP contribution >= 0.6 is 15.9 Å². The smallest absolute Gasteiger partial charge is 0.262 e. The van der Waals surface area contributed by atoms with Gasteiger partial charge in [0.25, 0.3) is 10.0 Å². The van der Waals surface area contributed by atoms with Crippen molar-refractivity contribution in [2.75, 3.05) is 16.7 Å². The first-order chi connectivity index (χ1) is 10.6. The molecule has 0 aromatic heterocycles. The molecule has 0 saturated heterocycles. The highest BCUT2D eigenvalue weighted by Gasteiger charge is 2.16. The van der Waals surface area contributed by atoms with Crippen molar-refractivity contribution >= 4 is 31.6 Å². The maximum absolute atomic E-state index is 12.5. The molecule has 2 rings (SSSR count). The van der Waals surface area contributed by atoms with Crippen LogP contribution in [0.25, 0.3) is 0 Å². The van der Waals surface area contributed by atoms with Crippen molar-refractivity contribution in [3.05, 3.63) is 54.1 Å². The summed E-state index contributed by atoms with van der Waals surface area (Å²) in [6.45, 7) is 2.33. The van der Waals surface area contributed by atoms with E-state index in [1.54, 1.807) is 36.4 Å². The summed E-state index contributed by atoms with van der Waals surface area (Å²) in [5.41, 5.74) is 1.53. The summed E-state index contributed by atoms with van der Waals surface area (Å²) in [6.07, 6.45) is 0.862. The molecule has 0 radical (unpaired) electrons. The largest absolute Gasteiger partial charge is 0.492 e. The Kier molecular flexibility index (Phi) is 5.85. The van der Waals surface area contributed by atoms with Gasteiger partial charge in [-0.1, -0.05) is 40.2 Å². The van der Waals surface area contributed by atoms with Gasteiger partial charge in [-0.25, -0.2) is 8.42 Å². The van der Waals surface area contributed by atoms with Crippen molar-refractivity contribution < 1.29 is 13.2 Å². The molecular weight excluding hydrogens is 366 g/mol. The predicted molar refractivity (Wildman–Crippen MR) is 92.4 cm³/mol. The first-order valence-electron chi connectivity index (χ1n) is 6.96. The van der Waals surface area contributed by atoms with E-state index >= 15 is 0 Å². The Morgan fingerprint density at radius 1 is 1.09 bits per heavy atom. The average Bonchev–Trinajstić information content (AvgIpc) is 2.50. The number of ether oxygens (including phenoxy) is 1. The minimum atomic E-state index is -3.63. The first kappa shape index (κ1) is 16.8. The van der Waals surface area contributed by atoms with Crippen LogP contribution in [0.1, 0.15) is 12.5 Å². The molecule has 0 aliphatic carbocycles. The molecule has 2 aromatic carbocycles. The van der Waals surface area contributed by atoms with Gasteiger partial charge >= 0.3 is 0 Å². The molecule has 0 aliphatic heterocycles. The number of hydrogen-bond donors (Lipinski definition) is 1. The Bertz CT molecular complexity index is 714. The van der Waals surface area contributed by atoms with E-state index in [-0.39, 0.29) is 4.90 Å². The van der Waals surface area contributed by atoms with Gasteiger partial charge in [0, 0.05) is 5.33 Å². The first-order valence-corrected chi connectivity index (χ1v) is 9.57. The molecule has 118 valence electrons. The summed E-state index contributed by atoms with van der Waals surface area (Å²) >= 11 is 3.37. The number of anilines is 1. The Labute approximate surface area is 139 Å². The summed E-state index contributed by atoms with van der Waals surface area (Å²) in [6, 6.07) is 13.9. The van der Waals surface area contributed by atoms with Crippen LogP contribution in [0.3, 0.4) is 0 Å². The van der Waals surface area contributed by atoms with Crippen molar-refractivity contribution in [1.82, 2.24) is 0 Å². The summed E-state index contributed by atoms with van der Waals surface area (Å²) in [5, 5.41) is 0.846. The van der Waals surface area contributed by atoms with Gasteiger partial charge in [-0.3, -0.25) is 4.72 Å². The number of aryl methyl sites for hydroxylation is 1. The van der Waals surface area contributed by atoms with Crippen LogP contribution in [0.5, 0.6) is 5.75 Å². The maximum atomic E-state index is 12.5. The number of para-hydroxylation sites is 2. The van der Waals surface area contributed by atoms with Crippen molar-refractivity contribution in [3.63, 3.8) is 0 Å². The molecule has 22 heavy (non-hydrogen) atoms. The van der Waals surface area contributed by atoms with Gasteiger partial charge in [-0.15, -0.1) is 0 Å². The van der Waals surface area contributed by atoms with Gasteiger partial charge in [-0.2, -0.15) is 0 Å². The van der Waals surface area contributed by atoms with Crippen molar-refractivity contribution in [1.29, 1.82) is 0 Å². The zero-order chi connectivity index (χ0) is 16.0. The number of alkyl halides is 1. The summed E-state index contributed by atoms with van der Waals surface area (Å²) in [5.74, 6) is 0.518. The van der Waals surface area contributed by atoms with Gasteiger partial charge in [0.1, 0.15) is 5.75 Å². The van der Waals surface area contributed by atoms with Crippen molar-refractivity contribution in [3.8, 4) is 5.75 Å². The van der Waals surface area contributed by atoms with Crippen LogP contribution in [-0.2, 0) is 16.4 Å². The molecule has 0 heterocycles. The number of hydrogen-bond acceptors (Lipinski definition) is 3.